The second kappa shape index (κ2) is 10.6. The van der Waals surface area contributed by atoms with Gasteiger partial charge in [-0.2, -0.15) is 13.2 Å². The quantitative estimate of drug-likeness (QED) is 0.370. The molecule has 2 amide bonds. The SMILES string of the molecule is O=C(CCSc1ccc(Cl)cc1)Nc1cccc(C(=O)Nc2cccc(C(F)(F)F)c2)c1. The topological polar surface area (TPSA) is 58.2 Å². The summed E-state index contributed by atoms with van der Waals surface area (Å²) < 4.78 is 38.5. The van der Waals surface area contributed by atoms with Gasteiger partial charge in [0.25, 0.3) is 5.91 Å². The molecule has 0 fully saturated rings. The third kappa shape index (κ3) is 7.03. The first kappa shape index (κ1) is 23.7. The van der Waals surface area contributed by atoms with Gasteiger partial charge < -0.3 is 10.6 Å². The summed E-state index contributed by atoms with van der Waals surface area (Å²) in [5.41, 5.74) is -0.204. The number of thioether (sulfide) groups is 1. The number of amides is 2. The Balaban J connectivity index is 1.55. The highest BCUT2D eigenvalue weighted by Crippen LogP contribution is 2.30. The molecule has 0 atom stereocenters. The highest BCUT2D eigenvalue weighted by molar-refractivity contribution is 7.99. The fourth-order valence-corrected chi connectivity index (χ4v) is 3.71. The molecular formula is C23H18ClF3N2O2S. The molecule has 0 saturated heterocycles. The largest absolute Gasteiger partial charge is 0.416 e. The van der Waals surface area contributed by atoms with Gasteiger partial charge in [0.2, 0.25) is 5.91 Å². The van der Waals surface area contributed by atoms with Crippen LogP contribution >= 0.6 is 23.4 Å². The van der Waals surface area contributed by atoms with E-state index in [-0.39, 0.29) is 23.6 Å². The van der Waals surface area contributed by atoms with Crippen LogP contribution < -0.4 is 10.6 Å². The van der Waals surface area contributed by atoms with Crippen molar-refractivity contribution in [3.05, 3.63) is 88.9 Å². The first-order valence-electron chi connectivity index (χ1n) is 9.47. The van der Waals surface area contributed by atoms with Gasteiger partial charge in [0, 0.05) is 39.0 Å². The summed E-state index contributed by atoms with van der Waals surface area (Å²) in [6.45, 7) is 0. The van der Waals surface area contributed by atoms with E-state index in [1.807, 2.05) is 12.1 Å². The van der Waals surface area contributed by atoms with Crippen molar-refractivity contribution in [3.8, 4) is 0 Å². The number of halogens is 4. The number of hydrogen-bond acceptors (Lipinski definition) is 3. The number of anilines is 2. The molecule has 0 radical (unpaired) electrons. The average molecular weight is 479 g/mol. The smallest absolute Gasteiger partial charge is 0.326 e. The summed E-state index contributed by atoms with van der Waals surface area (Å²) in [4.78, 5) is 25.7. The standard InChI is InChI=1S/C23H18ClF3N2O2S/c24-17-7-9-20(10-8-17)32-12-11-21(30)28-18-5-1-3-15(13-18)22(31)29-19-6-2-4-16(14-19)23(25,26)27/h1-10,13-14H,11-12H2,(H,28,30)(H,29,31). The monoisotopic (exact) mass is 478 g/mol. The van der Waals surface area contributed by atoms with Crippen LogP contribution in [0.15, 0.2) is 77.7 Å². The lowest BCUT2D eigenvalue weighted by atomic mass is 10.1. The Kier molecular flexibility index (Phi) is 7.82. The highest BCUT2D eigenvalue weighted by Gasteiger charge is 2.30. The van der Waals surface area contributed by atoms with E-state index in [1.54, 1.807) is 24.3 Å². The van der Waals surface area contributed by atoms with Gasteiger partial charge >= 0.3 is 6.18 Å². The minimum absolute atomic E-state index is 0.0264. The Labute approximate surface area is 192 Å². The lowest BCUT2D eigenvalue weighted by Crippen LogP contribution is -2.15. The maximum absolute atomic E-state index is 12.8. The van der Waals surface area contributed by atoms with E-state index in [1.165, 1.54) is 36.0 Å². The van der Waals surface area contributed by atoms with Crippen molar-refractivity contribution in [1.82, 2.24) is 0 Å². The van der Waals surface area contributed by atoms with Gasteiger partial charge in [-0.05, 0) is 60.7 Å². The summed E-state index contributed by atoms with van der Waals surface area (Å²) in [7, 11) is 0. The minimum Gasteiger partial charge on any atom is -0.326 e. The van der Waals surface area contributed by atoms with Crippen LogP contribution in [0.4, 0.5) is 24.5 Å². The lowest BCUT2D eigenvalue weighted by molar-refractivity contribution is -0.137. The van der Waals surface area contributed by atoms with Gasteiger partial charge in [-0.25, -0.2) is 0 Å². The second-order valence-electron chi connectivity index (χ2n) is 6.71. The van der Waals surface area contributed by atoms with Gasteiger partial charge in [-0.15, -0.1) is 11.8 Å². The third-order valence-corrected chi connectivity index (χ3v) is 5.53. The number of carbonyl (C=O) groups excluding carboxylic acids is 2. The Bertz CT molecular complexity index is 1100. The van der Waals surface area contributed by atoms with Crippen LogP contribution in [-0.4, -0.2) is 17.6 Å². The Hall–Kier alpha value is -2.97. The molecule has 9 heteroatoms. The Morgan fingerprint density at radius 3 is 2.22 bits per heavy atom. The van der Waals surface area contributed by atoms with Crippen molar-refractivity contribution in [1.29, 1.82) is 0 Å². The molecule has 166 valence electrons. The van der Waals surface area contributed by atoms with E-state index in [4.69, 9.17) is 11.6 Å². The summed E-state index contributed by atoms with van der Waals surface area (Å²) in [5, 5.41) is 5.81. The van der Waals surface area contributed by atoms with E-state index in [0.717, 1.165) is 17.0 Å². The van der Waals surface area contributed by atoms with E-state index < -0.39 is 17.6 Å². The minimum atomic E-state index is -4.50. The van der Waals surface area contributed by atoms with Crippen molar-refractivity contribution in [2.24, 2.45) is 0 Å². The van der Waals surface area contributed by atoms with Crippen molar-refractivity contribution >= 4 is 46.6 Å². The van der Waals surface area contributed by atoms with E-state index in [0.29, 0.717) is 16.5 Å². The maximum atomic E-state index is 12.8. The molecule has 0 heterocycles. The maximum Gasteiger partial charge on any atom is 0.416 e. The summed E-state index contributed by atoms with van der Waals surface area (Å²) in [6, 6.07) is 17.9. The molecule has 0 aliphatic heterocycles. The fraction of sp³-hybridized carbons (Fsp3) is 0.130. The van der Waals surface area contributed by atoms with Crippen LogP contribution in [-0.2, 0) is 11.0 Å². The number of carbonyl (C=O) groups is 2. The van der Waals surface area contributed by atoms with Crippen molar-refractivity contribution < 1.29 is 22.8 Å². The normalized spacial score (nSPS) is 11.1. The van der Waals surface area contributed by atoms with Gasteiger partial charge in [0.15, 0.2) is 0 Å². The number of alkyl halides is 3. The molecule has 3 aromatic rings. The van der Waals surface area contributed by atoms with E-state index in [2.05, 4.69) is 10.6 Å². The molecule has 0 aliphatic rings. The first-order valence-corrected chi connectivity index (χ1v) is 10.8. The van der Waals surface area contributed by atoms with Crippen LogP contribution in [0.2, 0.25) is 5.02 Å². The molecule has 0 unspecified atom stereocenters. The van der Waals surface area contributed by atoms with Crippen LogP contribution in [0.5, 0.6) is 0 Å². The number of nitrogens with one attached hydrogen (secondary N) is 2. The molecule has 0 saturated carbocycles. The third-order valence-electron chi connectivity index (χ3n) is 4.27. The number of benzene rings is 3. The van der Waals surface area contributed by atoms with Gasteiger partial charge in [0.1, 0.15) is 0 Å². The number of rotatable bonds is 7. The molecule has 2 N–H and O–H groups in total. The predicted molar refractivity (Wildman–Crippen MR) is 121 cm³/mol. The lowest BCUT2D eigenvalue weighted by Gasteiger charge is -2.11. The zero-order chi connectivity index (χ0) is 23.1. The predicted octanol–water partition coefficient (Wildman–Crippen LogP) is 6.73. The summed E-state index contributed by atoms with van der Waals surface area (Å²) in [6.07, 6.45) is -4.25. The average Bonchev–Trinajstić information content (AvgIpc) is 2.75. The zero-order valence-corrected chi connectivity index (χ0v) is 18.2. The van der Waals surface area contributed by atoms with Crippen molar-refractivity contribution in [3.63, 3.8) is 0 Å². The number of hydrogen-bond donors (Lipinski definition) is 2. The van der Waals surface area contributed by atoms with E-state index >= 15 is 0 Å². The van der Waals surface area contributed by atoms with E-state index in [9.17, 15) is 22.8 Å². The van der Waals surface area contributed by atoms with Crippen LogP contribution in [0, 0.1) is 0 Å². The van der Waals surface area contributed by atoms with Gasteiger partial charge in [0.05, 0.1) is 5.56 Å². The molecule has 32 heavy (non-hydrogen) atoms. The zero-order valence-electron chi connectivity index (χ0n) is 16.6. The van der Waals surface area contributed by atoms with Crippen LogP contribution in [0.3, 0.4) is 0 Å². The van der Waals surface area contributed by atoms with Crippen molar-refractivity contribution in [2.75, 3.05) is 16.4 Å². The van der Waals surface area contributed by atoms with Crippen molar-refractivity contribution in [2.45, 2.75) is 17.5 Å². The molecule has 4 nitrogen and oxygen atoms in total. The molecule has 0 aliphatic carbocycles. The fourth-order valence-electron chi connectivity index (χ4n) is 2.73. The Morgan fingerprint density at radius 2 is 1.53 bits per heavy atom. The molecule has 0 aromatic heterocycles. The Morgan fingerprint density at radius 1 is 0.875 bits per heavy atom. The first-order chi connectivity index (χ1) is 15.2. The molecular weight excluding hydrogens is 461 g/mol. The van der Waals surface area contributed by atoms with Crippen LogP contribution in [0.1, 0.15) is 22.3 Å². The van der Waals surface area contributed by atoms with Crippen LogP contribution in [0.25, 0.3) is 0 Å². The molecule has 3 rings (SSSR count). The molecule has 3 aromatic carbocycles. The van der Waals surface area contributed by atoms with Gasteiger partial charge in [-0.3, -0.25) is 9.59 Å². The summed E-state index contributed by atoms with van der Waals surface area (Å²) in [5.74, 6) is -0.246. The molecule has 0 bridgehead atoms. The molecule has 0 spiro atoms. The highest BCUT2D eigenvalue weighted by atomic mass is 35.5. The second-order valence-corrected chi connectivity index (χ2v) is 8.32. The van der Waals surface area contributed by atoms with Gasteiger partial charge in [-0.1, -0.05) is 23.7 Å². The summed E-state index contributed by atoms with van der Waals surface area (Å²) >= 11 is 7.36.